The molecule has 1 atom stereocenters. The molecule has 5 heterocycles. The van der Waals surface area contributed by atoms with Gasteiger partial charge < -0.3 is 14.2 Å². The molecule has 2 aliphatic rings. The van der Waals surface area contributed by atoms with Crippen molar-refractivity contribution in [3.05, 3.63) is 59.6 Å². The number of hydrogen-bond acceptors (Lipinski definition) is 8. The zero-order valence-corrected chi connectivity index (χ0v) is 20.9. The molecule has 0 saturated heterocycles. The molecule has 0 radical (unpaired) electrons. The van der Waals surface area contributed by atoms with Crippen molar-refractivity contribution in [2.24, 2.45) is 0 Å². The molecule has 0 unspecified atom stereocenters. The van der Waals surface area contributed by atoms with Crippen molar-refractivity contribution in [2.75, 3.05) is 18.1 Å². The van der Waals surface area contributed by atoms with E-state index in [1.807, 2.05) is 6.92 Å². The van der Waals surface area contributed by atoms with Gasteiger partial charge in [0.25, 0.3) is 0 Å². The molecule has 11 heteroatoms. The van der Waals surface area contributed by atoms with Crippen LogP contribution in [0.4, 0.5) is 15.0 Å². The third kappa shape index (κ3) is 3.90. The van der Waals surface area contributed by atoms with E-state index in [0.717, 1.165) is 0 Å². The second-order valence-electron chi connectivity index (χ2n) is 10.1. The number of halogens is 1. The number of fused-ring (bicyclic) bond motifs is 3. The molecule has 0 saturated carbocycles. The van der Waals surface area contributed by atoms with Gasteiger partial charge in [0.2, 0.25) is 0 Å². The summed E-state index contributed by atoms with van der Waals surface area (Å²) in [5.41, 5.74) is 2.66. The zero-order chi connectivity index (χ0) is 25.9. The van der Waals surface area contributed by atoms with Gasteiger partial charge in [-0.05, 0) is 45.9 Å². The molecule has 190 valence electrons. The predicted molar refractivity (Wildman–Crippen MR) is 131 cm³/mol. The summed E-state index contributed by atoms with van der Waals surface area (Å²) < 4.78 is 34.9. The SMILES string of the molecule is Cc1nccnc1-c1cc2c(n3cnnc13)N(C(=O)OC(C)(C)C)Cc1c(F)ccc3c1[C@H](CO3)CO2. The lowest BCUT2D eigenvalue weighted by atomic mass is 9.95. The van der Waals surface area contributed by atoms with Crippen LogP contribution >= 0.6 is 0 Å². The smallest absolute Gasteiger partial charge is 0.416 e. The predicted octanol–water partition coefficient (Wildman–Crippen LogP) is 4.44. The van der Waals surface area contributed by atoms with Gasteiger partial charge in [-0.3, -0.25) is 19.3 Å². The Kier molecular flexibility index (Phi) is 5.25. The minimum Gasteiger partial charge on any atom is -0.493 e. The van der Waals surface area contributed by atoms with Crippen LogP contribution in [0.1, 0.15) is 43.5 Å². The maximum atomic E-state index is 15.3. The van der Waals surface area contributed by atoms with E-state index in [2.05, 4.69) is 20.2 Å². The number of nitrogens with zero attached hydrogens (tertiary/aromatic N) is 6. The lowest BCUT2D eigenvalue weighted by Gasteiger charge is -2.29. The Bertz CT molecular complexity index is 1550. The van der Waals surface area contributed by atoms with Crippen LogP contribution in [0.2, 0.25) is 0 Å². The van der Waals surface area contributed by atoms with E-state index < -0.39 is 17.5 Å². The van der Waals surface area contributed by atoms with Gasteiger partial charge in [-0.25, -0.2) is 9.18 Å². The van der Waals surface area contributed by atoms with Crippen LogP contribution < -0.4 is 14.4 Å². The highest BCUT2D eigenvalue weighted by atomic mass is 19.1. The Morgan fingerprint density at radius 3 is 2.65 bits per heavy atom. The van der Waals surface area contributed by atoms with Crippen LogP contribution in [0.15, 0.2) is 36.9 Å². The summed E-state index contributed by atoms with van der Waals surface area (Å²) in [6.07, 6.45) is 4.04. The third-order valence-electron chi connectivity index (χ3n) is 6.38. The lowest BCUT2D eigenvalue weighted by molar-refractivity contribution is 0.0574. The number of ether oxygens (including phenoxy) is 3. The zero-order valence-electron chi connectivity index (χ0n) is 20.9. The molecular weight excluding hydrogens is 479 g/mol. The van der Waals surface area contributed by atoms with Gasteiger partial charge in [-0.2, -0.15) is 0 Å². The Labute approximate surface area is 212 Å². The molecule has 6 rings (SSSR count). The highest BCUT2D eigenvalue weighted by Gasteiger charge is 2.37. The maximum absolute atomic E-state index is 15.3. The monoisotopic (exact) mass is 504 g/mol. The first kappa shape index (κ1) is 23.1. The van der Waals surface area contributed by atoms with Gasteiger partial charge >= 0.3 is 6.09 Å². The molecule has 2 aliphatic heterocycles. The summed E-state index contributed by atoms with van der Waals surface area (Å²) in [5, 5.41) is 8.42. The number of pyridine rings is 1. The summed E-state index contributed by atoms with van der Waals surface area (Å²) in [4.78, 5) is 23.9. The van der Waals surface area contributed by atoms with Crippen molar-refractivity contribution in [1.29, 1.82) is 0 Å². The molecule has 0 bridgehead atoms. The number of aryl methyl sites for hydroxylation is 1. The Hall–Kier alpha value is -4.28. The average Bonchev–Trinajstić information content (AvgIpc) is 3.49. The molecule has 0 spiro atoms. The first-order valence-electron chi connectivity index (χ1n) is 11.9. The van der Waals surface area contributed by atoms with Crippen LogP contribution in [0.3, 0.4) is 0 Å². The largest absolute Gasteiger partial charge is 0.493 e. The molecule has 0 N–H and O–H groups in total. The van der Waals surface area contributed by atoms with Gasteiger partial charge in [-0.1, -0.05) is 0 Å². The van der Waals surface area contributed by atoms with Gasteiger partial charge in [0, 0.05) is 23.5 Å². The standard InChI is InChI=1S/C26H25FN6O4/c1-14-22(29-8-7-28-14)16-9-20-24(33-13-30-31-23(16)33)32(25(34)37-26(2,3)4)10-17-18(27)5-6-19-21(17)15(11-35-19)12-36-20/h5-9,13,15H,10-12H2,1-4H3/t15-/m1/s1. The first-order chi connectivity index (χ1) is 17.7. The number of amides is 1. The summed E-state index contributed by atoms with van der Waals surface area (Å²) in [5.74, 6) is 0.645. The molecule has 1 aromatic carbocycles. The lowest BCUT2D eigenvalue weighted by Crippen LogP contribution is -2.38. The number of aromatic nitrogens is 5. The van der Waals surface area contributed by atoms with Crippen LogP contribution in [0.5, 0.6) is 11.5 Å². The van der Waals surface area contributed by atoms with E-state index in [0.29, 0.717) is 57.6 Å². The highest BCUT2D eigenvalue weighted by Crippen LogP contribution is 2.44. The van der Waals surface area contributed by atoms with Gasteiger partial charge in [-0.15, -0.1) is 10.2 Å². The normalized spacial score (nSPS) is 16.7. The van der Waals surface area contributed by atoms with E-state index >= 15 is 4.39 Å². The Morgan fingerprint density at radius 1 is 1.14 bits per heavy atom. The summed E-state index contributed by atoms with van der Waals surface area (Å²) in [6.45, 7) is 7.63. The topological polar surface area (TPSA) is 104 Å². The van der Waals surface area contributed by atoms with Gasteiger partial charge in [0.15, 0.2) is 17.2 Å². The fourth-order valence-electron chi connectivity index (χ4n) is 4.82. The number of hydrogen-bond donors (Lipinski definition) is 0. The third-order valence-corrected chi connectivity index (χ3v) is 6.38. The highest BCUT2D eigenvalue weighted by molar-refractivity contribution is 5.91. The van der Waals surface area contributed by atoms with E-state index in [1.165, 1.54) is 17.3 Å². The number of carbonyl (C=O) groups excluding carboxylic acids is 1. The van der Waals surface area contributed by atoms with Crippen molar-refractivity contribution < 1.29 is 23.4 Å². The number of anilines is 1. The molecule has 1 amide bonds. The van der Waals surface area contributed by atoms with Gasteiger partial charge in [0.05, 0.1) is 42.6 Å². The van der Waals surface area contributed by atoms with Crippen molar-refractivity contribution in [1.82, 2.24) is 24.6 Å². The van der Waals surface area contributed by atoms with Crippen LogP contribution in [-0.4, -0.2) is 49.5 Å². The summed E-state index contributed by atoms with van der Waals surface area (Å²) in [6, 6.07) is 4.75. The molecular formula is C26H25FN6O4. The quantitative estimate of drug-likeness (QED) is 0.375. The molecule has 0 aliphatic carbocycles. The summed E-state index contributed by atoms with van der Waals surface area (Å²) in [7, 11) is 0. The van der Waals surface area contributed by atoms with Crippen molar-refractivity contribution in [3.8, 4) is 22.8 Å². The van der Waals surface area contributed by atoms with Crippen molar-refractivity contribution in [3.63, 3.8) is 0 Å². The fraction of sp³-hybridized carbons (Fsp3) is 0.346. The molecule has 10 nitrogen and oxygen atoms in total. The van der Waals surface area contributed by atoms with E-state index in [4.69, 9.17) is 14.2 Å². The number of benzene rings is 1. The minimum atomic E-state index is -0.789. The maximum Gasteiger partial charge on any atom is 0.416 e. The Balaban J connectivity index is 1.61. The number of rotatable bonds is 1. The molecule has 4 aromatic rings. The van der Waals surface area contributed by atoms with E-state index in [9.17, 15) is 4.79 Å². The van der Waals surface area contributed by atoms with Crippen LogP contribution in [-0.2, 0) is 11.3 Å². The second-order valence-corrected chi connectivity index (χ2v) is 10.1. The second kappa shape index (κ2) is 8.39. The van der Waals surface area contributed by atoms with Crippen LogP contribution in [0, 0.1) is 12.7 Å². The molecule has 37 heavy (non-hydrogen) atoms. The first-order valence-corrected chi connectivity index (χ1v) is 11.9. The van der Waals surface area contributed by atoms with Crippen molar-refractivity contribution >= 4 is 17.6 Å². The Morgan fingerprint density at radius 2 is 1.89 bits per heavy atom. The summed E-state index contributed by atoms with van der Waals surface area (Å²) >= 11 is 0. The van der Waals surface area contributed by atoms with Crippen LogP contribution in [0.25, 0.3) is 16.9 Å². The molecule has 0 fully saturated rings. The minimum absolute atomic E-state index is 0.100. The van der Waals surface area contributed by atoms with E-state index in [-0.39, 0.29) is 19.1 Å². The van der Waals surface area contributed by atoms with Gasteiger partial charge in [0.1, 0.15) is 23.5 Å². The van der Waals surface area contributed by atoms with Crippen molar-refractivity contribution in [2.45, 2.75) is 45.8 Å². The van der Waals surface area contributed by atoms with E-state index in [1.54, 1.807) is 49.7 Å². The molecule has 3 aromatic heterocycles. The average molecular weight is 505 g/mol. The fourth-order valence-corrected chi connectivity index (χ4v) is 4.82. The number of carbonyl (C=O) groups is 1.